The molecule has 1 aliphatic carbocycles. The molecule has 0 radical (unpaired) electrons. The third-order valence-corrected chi connectivity index (χ3v) is 4.20. The van der Waals surface area contributed by atoms with Crippen LogP contribution in [0.5, 0.6) is 0 Å². The van der Waals surface area contributed by atoms with Gasteiger partial charge in [0.05, 0.1) is 0 Å². The van der Waals surface area contributed by atoms with E-state index in [1.54, 1.807) is 0 Å². The van der Waals surface area contributed by atoms with E-state index >= 15 is 0 Å². The maximum Gasteiger partial charge on any atom is 0.0365 e. The zero-order valence-electron chi connectivity index (χ0n) is 11.2. The van der Waals surface area contributed by atoms with Crippen LogP contribution in [0.25, 0.3) is 0 Å². The minimum Gasteiger partial charge on any atom is -0.399 e. The van der Waals surface area contributed by atoms with Crippen molar-refractivity contribution >= 4 is 11.4 Å². The smallest absolute Gasteiger partial charge is 0.0365 e. The Morgan fingerprint density at radius 1 is 1.29 bits per heavy atom. The van der Waals surface area contributed by atoms with E-state index in [2.05, 4.69) is 32.2 Å². The Hall–Kier alpha value is -1.18. The van der Waals surface area contributed by atoms with E-state index in [0.29, 0.717) is 6.04 Å². The van der Waals surface area contributed by atoms with Gasteiger partial charge in [0.25, 0.3) is 0 Å². The van der Waals surface area contributed by atoms with Gasteiger partial charge in [-0.1, -0.05) is 20.3 Å². The van der Waals surface area contributed by atoms with E-state index in [1.807, 2.05) is 12.1 Å². The summed E-state index contributed by atoms with van der Waals surface area (Å²) in [4.78, 5) is 0. The number of hydrogen-bond donors (Lipinski definition) is 2. The van der Waals surface area contributed by atoms with Gasteiger partial charge in [0.15, 0.2) is 0 Å². The Morgan fingerprint density at radius 3 is 2.65 bits per heavy atom. The molecule has 0 spiro atoms. The van der Waals surface area contributed by atoms with Crippen LogP contribution in [0.2, 0.25) is 0 Å². The summed E-state index contributed by atoms with van der Waals surface area (Å²) in [6.07, 6.45) is 3.94. The zero-order chi connectivity index (χ0) is 12.4. The van der Waals surface area contributed by atoms with Crippen LogP contribution in [0.4, 0.5) is 11.4 Å². The highest BCUT2D eigenvalue weighted by molar-refractivity contribution is 5.57. The summed E-state index contributed by atoms with van der Waals surface area (Å²) in [5.41, 5.74) is 9.14. The molecule has 3 unspecified atom stereocenters. The minimum absolute atomic E-state index is 0.612. The number of nitrogen functional groups attached to an aromatic ring is 1. The van der Waals surface area contributed by atoms with Crippen LogP contribution in [0, 0.1) is 18.8 Å². The van der Waals surface area contributed by atoms with Gasteiger partial charge < -0.3 is 11.1 Å². The summed E-state index contributed by atoms with van der Waals surface area (Å²) < 4.78 is 0. The van der Waals surface area contributed by atoms with Crippen molar-refractivity contribution in [1.82, 2.24) is 0 Å². The maximum absolute atomic E-state index is 5.88. The number of nitrogens with one attached hydrogen (secondary N) is 1. The van der Waals surface area contributed by atoms with Gasteiger partial charge >= 0.3 is 0 Å². The molecule has 1 aliphatic rings. The molecule has 2 rings (SSSR count). The molecule has 0 aliphatic heterocycles. The molecule has 0 amide bonds. The average molecular weight is 232 g/mol. The second-order valence-electron chi connectivity index (χ2n) is 5.49. The number of aryl methyl sites for hydroxylation is 1. The van der Waals surface area contributed by atoms with E-state index in [0.717, 1.165) is 17.5 Å². The predicted octanol–water partition coefficient (Wildman–Crippen LogP) is 3.81. The van der Waals surface area contributed by atoms with Crippen LogP contribution in [0.15, 0.2) is 18.2 Å². The third-order valence-electron chi connectivity index (χ3n) is 4.20. The molecule has 0 aromatic heterocycles. The van der Waals surface area contributed by atoms with Crippen molar-refractivity contribution in [2.24, 2.45) is 11.8 Å². The summed E-state index contributed by atoms with van der Waals surface area (Å²) in [7, 11) is 0. The molecule has 0 bridgehead atoms. The molecule has 0 saturated heterocycles. The fourth-order valence-corrected chi connectivity index (χ4v) is 3.14. The SMILES string of the molecule is CCC1CCC(Nc2cc(C)cc(N)c2)C1C. The summed E-state index contributed by atoms with van der Waals surface area (Å²) in [6.45, 7) is 6.76. The van der Waals surface area contributed by atoms with Gasteiger partial charge in [-0.15, -0.1) is 0 Å². The zero-order valence-corrected chi connectivity index (χ0v) is 11.2. The highest BCUT2D eigenvalue weighted by Crippen LogP contribution is 2.35. The van der Waals surface area contributed by atoms with Crippen LogP contribution in [0.1, 0.15) is 38.7 Å². The molecule has 17 heavy (non-hydrogen) atoms. The fraction of sp³-hybridized carbons (Fsp3) is 0.600. The van der Waals surface area contributed by atoms with Crippen LogP contribution in [-0.4, -0.2) is 6.04 Å². The molecular formula is C15H24N2. The lowest BCUT2D eigenvalue weighted by molar-refractivity contribution is 0.392. The lowest BCUT2D eigenvalue weighted by Crippen LogP contribution is -2.24. The molecule has 1 fully saturated rings. The number of hydrogen-bond acceptors (Lipinski definition) is 2. The molecule has 0 heterocycles. The largest absolute Gasteiger partial charge is 0.399 e. The van der Waals surface area contributed by atoms with Crippen molar-refractivity contribution < 1.29 is 0 Å². The second-order valence-corrected chi connectivity index (χ2v) is 5.49. The normalized spacial score (nSPS) is 28.3. The van der Waals surface area contributed by atoms with E-state index in [4.69, 9.17) is 5.73 Å². The van der Waals surface area contributed by atoms with Gasteiger partial charge in [0, 0.05) is 17.4 Å². The highest BCUT2D eigenvalue weighted by Gasteiger charge is 2.31. The van der Waals surface area contributed by atoms with E-state index in [9.17, 15) is 0 Å². The molecule has 94 valence electrons. The molecule has 3 atom stereocenters. The van der Waals surface area contributed by atoms with E-state index in [1.165, 1.54) is 30.5 Å². The van der Waals surface area contributed by atoms with Crippen LogP contribution in [0.3, 0.4) is 0 Å². The lowest BCUT2D eigenvalue weighted by atomic mass is 9.93. The van der Waals surface area contributed by atoms with Crippen molar-refractivity contribution in [2.45, 2.75) is 46.1 Å². The molecule has 1 saturated carbocycles. The molecule has 1 aromatic rings. The van der Waals surface area contributed by atoms with Crippen molar-refractivity contribution in [3.63, 3.8) is 0 Å². The first-order valence-corrected chi connectivity index (χ1v) is 6.74. The number of nitrogens with two attached hydrogens (primary N) is 1. The Bertz CT molecular complexity index is 366. The topological polar surface area (TPSA) is 38.0 Å². The van der Waals surface area contributed by atoms with Crippen molar-refractivity contribution in [2.75, 3.05) is 11.1 Å². The minimum atomic E-state index is 0.612. The Balaban J connectivity index is 2.06. The van der Waals surface area contributed by atoms with Crippen molar-refractivity contribution in [3.05, 3.63) is 23.8 Å². The average Bonchev–Trinajstić information content (AvgIpc) is 2.58. The summed E-state index contributed by atoms with van der Waals surface area (Å²) in [5, 5.41) is 3.66. The van der Waals surface area contributed by atoms with Gasteiger partial charge in [-0.3, -0.25) is 0 Å². The lowest BCUT2D eigenvalue weighted by Gasteiger charge is -2.22. The maximum atomic E-state index is 5.88. The standard InChI is InChI=1S/C15H24N2/c1-4-12-5-6-15(11(12)3)17-14-8-10(2)7-13(16)9-14/h7-9,11-12,15,17H,4-6,16H2,1-3H3. The first kappa shape index (κ1) is 12.3. The Labute approximate surface area is 105 Å². The molecular weight excluding hydrogens is 208 g/mol. The van der Waals surface area contributed by atoms with E-state index in [-0.39, 0.29) is 0 Å². The monoisotopic (exact) mass is 232 g/mol. The number of anilines is 2. The van der Waals surface area contributed by atoms with Crippen molar-refractivity contribution in [1.29, 1.82) is 0 Å². The van der Waals surface area contributed by atoms with Crippen LogP contribution in [-0.2, 0) is 0 Å². The quantitative estimate of drug-likeness (QED) is 0.778. The number of benzene rings is 1. The predicted molar refractivity (Wildman–Crippen MR) is 75.2 cm³/mol. The van der Waals surface area contributed by atoms with Gasteiger partial charge in [0.1, 0.15) is 0 Å². The Kier molecular flexibility index (Phi) is 3.60. The molecule has 3 N–H and O–H groups in total. The fourth-order valence-electron chi connectivity index (χ4n) is 3.14. The first-order valence-electron chi connectivity index (χ1n) is 6.74. The van der Waals surface area contributed by atoms with Gasteiger partial charge in [-0.25, -0.2) is 0 Å². The first-order chi connectivity index (χ1) is 8.10. The van der Waals surface area contributed by atoms with Gasteiger partial charge in [-0.2, -0.15) is 0 Å². The van der Waals surface area contributed by atoms with Gasteiger partial charge in [-0.05, 0) is 55.4 Å². The third kappa shape index (κ3) is 2.74. The molecule has 2 nitrogen and oxygen atoms in total. The summed E-state index contributed by atoms with van der Waals surface area (Å²) in [5.74, 6) is 1.65. The van der Waals surface area contributed by atoms with Gasteiger partial charge in [0.2, 0.25) is 0 Å². The second kappa shape index (κ2) is 4.99. The summed E-state index contributed by atoms with van der Waals surface area (Å²) in [6, 6.07) is 6.85. The van der Waals surface area contributed by atoms with Crippen LogP contribution >= 0.6 is 0 Å². The van der Waals surface area contributed by atoms with Crippen LogP contribution < -0.4 is 11.1 Å². The van der Waals surface area contributed by atoms with Crippen molar-refractivity contribution in [3.8, 4) is 0 Å². The van der Waals surface area contributed by atoms with E-state index < -0.39 is 0 Å². The molecule has 1 aromatic carbocycles. The number of rotatable bonds is 3. The summed E-state index contributed by atoms with van der Waals surface area (Å²) >= 11 is 0. The highest BCUT2D eigenvalue weighted by atomic mass is 14.9. The Morgan fingerprint density at radius 2 is 2.06 bits per heavy atom. The molecule has 2 heteroatoms.